The van der Waals surface area contributed by atoms with Crippen LogP contribution < -0.4 is 10.1 Å². The van der Waals surface area contributed by atoms with Gasteiger partial charge in [-0.2, -0.15) is 5.10 Å². The number of hydrogen-bond donors (Lipinski definition) is 1. The van der Waals surface area contributed by atoms with Gasteiger partial charge in [0, 0.05) is 5.02 Å². The number of hydrogen-bond acceptors (Lipinski definition) is 4. The first-order chi connectivity index (χ1) is 11.0. The molecule has 1 aromatic carbocycles. The van der Waals surface area contributed by atoms with Crippen LogP contribution >= 0.6 is 23.2 Å². The molecule has 0 radical (unpaired) electrons. The predicted molar refractivity (Wildman–Crippen MR) is 88.3 cm³/mol. The van der Waals surface area contributed by atoms with Crippen LogP contribution in [0.25, 0.3) is 5.65 Å². The highest BCUT2D eigenvalue weighted by atomic mass is 35.5. The third kappa shape index (κ3) is 3.72. The first-order valence-electron chi connectivity index (χ1n) is 6.72. The van der Waals surface area contributed by atoms with Gasteiger partial charge < -0.3 is 10.1 Å². The van der Waals surface area contributed by atoms with Gasteiger partial charge in [-0.1, -0.05) is 23.2 Å². The van der Waals surface area contributed by atoms with Crippen molar-refractivity contribution in [2.45, 2.75) is 6.92 Å². The molecule has 0 spiro atoms. The molecule has 0 atom stereocenters. The quantitative estimate of drug-likeness (QED) is 0.783. The first kappa shape index (κ1) is 15.6. The number of nitrogens with zero attached hydrogens (tertiary/aromatic N) is 3. The Hall–Kier alpha value is -2.31. The lowest BCUT2D eigenvalue weighted by atomic mass is 10.3. The van der Waals surface area contributed by atoms with Crippen LogP contribution in [-0.4, -0.2) is 27.1 Å². The zero-order valence-electron chi connectivity index (χ0n) is 12.1. The standard InChI is InChI=1S/C15H12Cl2N4O2/c1-9-18-14-5-3-11(7-21(14)20-9)19-15(22)8-23-13-4-2-10(16)6-12(13)17/h2-7H,8H2,1H3,(H,19,22). The molecule has 0 bridgehead atoms. The Kier molecular flexibility index (Phi) is 4.36. The van der Waals surface area contributed by atoms with Crippen LogP contribution in [0.1, 0.15) is 5.82 Å². The van der Waals surface area contributed by atoms with E-state index in [1.165, 1.54) is 0 Å². The Balaban J connectivity index is 1.63. The molecule has 0 fully saturated rings. The summed E-state index contributed by atoms with van der Waals surface area (Å²) in [4.78, 5) is 16.2. The van der Waals surface area contributed by atoms with Gasteiger partial charge in [-0.3, -0.25) is 4.79 Å². The third-order valence-electron chi connectivity index (χ3n) is 2.97. The van der Waals surface area contributed by atoms with Gasteiger partial charge in [-0.25, -0.2) is 9.50 Å². The van der Waals surface area contributed by atoms with Gasteiger partial charge in [-0.05, 0) is 37.3 Å². The lowest BCUT2D eigenvalue weighted by Gasteiger charge is -2.09. The van der Waals surface area contributed by atoms with Crippen molar-refractivity contribution in [3.05, 3.63) is 52.4 Å². The highest BCUT2D eigenvalue weighted by Crippen LogP contribution is 2.27. The smallest absolute Gasteiger partial charge is 0.262 e. The molecule has 3 aromatic rings. The molecule has 23 heavy (non-hydrogen) atoms. The zero-order valence-corrected chi connectivity index (χ0v) is 13.6. The molecule has 0 aliphatic heterocycles. The van der Waals surface area contributed by atoms with Crippen LogP contribution in [0.3, 0.4) is 0 Å². The van der Waals surface area contributed by atoms with E-state index in [4.69, 9.17) is 27.9 Å². The van der Waals surface area contributed by atoms with Gasteiger partial charge in [0.05, 0.1) is 16.9 Å². The largest absolute Gasteiger partial charge is 0.482 e. The number of halogens is 2. The van der Waals surface area contributed by atoms with E-state index in [0.29, 0.717) is 33.0 Å². The maximum Gasteiger partial charge on any atom is 0.262 e. The second-order valence-electron chi connectivity index (χ2n) is 4.79. The van der Waals surface area contributed by atoms with E-state index in [9.17, 15) is 4.79 Å². The molecule has 6 nitrogen and oxygen atoms in total. The van der Waals surface area contributed by atoms with E-state index in [0.717, 1.165) is 0 Å². The average Bonchev–Trinajstić information content (AvgIpc) is 2.85. The summed E-state index contributed by atoms with van der Waals surface area (Å²) in [5.74, 6) is 0.745. The van der Waals surface area contributed by atoms with Crippen molar-refractivity contribution in [3.8, 4) is 5.75 Å². The van der Waals surface area contributed by atoms with Crippen molar-refractivity contribution in [1.29, 1.82) is 0 Å². The lowest BCUT2D eigenvalue weighted by molar-refractivity contribution is -0.118. The molecule has 1 amide bonds. The van der Waals surface area contributed by atoms with Gasteiger partial charge in [0.2, 0.25) is 0 Å². The van der Waals surface area contributed by atoms with Gasteiger partial charge in [0.1, 0.15) is 11.6 Å². The number of fused-ring (bicyclic) bond motifs is 1. The average molecular weight is 351 g/mol. The molecule has 118 valence electrons. The summed E-state index contributed by atoms with van der Waals surface area (Å²) >= 11 is 11.8. The van der Waals surface area contributed by atoms with Crippen LogP contribution in [0.4, 0.5) is 5.69 Å². The number of amides is 1. The van der Waals surface area contributed by atoms with Gasteiger partial charge in [-0.15, -0.1) is 0 Å². The molecular formula is C15H12Cl2N4O2. The number of pyridine rings is 1. The number of carbonyl (C=O) groups is 1. The molecular weight excluding hydrogens is 339 g/mol. The third-order valence-corrected chi connectivity index (χ3v) is 3.50. The van der Waals surface area contributed by atoms with Gasteiger partial charge in [0.25, 0.3) is 5.91 Å². The second-order valence-corrected chi connectivity index (χ2v) is 5.63. The lowest BCUT2D eigenvalue weighted by Crippen LogP contribution is -2.20. The fraction of sp³-hybridized carbons (Fsp3) is 0.133. The van der Waals surface area contributed by atoms with Gasteiger partial charge in [0.15, 0.2) is 12.3 Å². The maximum absolute atomic E-state index is 12.0. The van der Waals surface area contributed by atoms with Gasteiger partial charge >= 0.3 is 0 Å². The van der Waals surface area contributed by atoms with Crippen molar-refractivity contribution in [1.82, 2.24) is 14.6 Å². The Labute approximate surface area is 142 Å². The minimum Gasteiger partial charge on any atom is -0.482 e. The van der Waals surface area contributed by atoms with E-state index >= 15 is 0 Å². The number of benzene rings is 1. The molecule has 8 heteroatoms. The fourth-order valence-corrected chi connectivity index (χ4v) is 2.46. The molecule has 1 N–H and O–H groups in total. The van der Waals surface area contributed by atoms with E-state index < -0.39 is 0 Å². The van der Waals surface area contributed by atoms with Crippen molar-refractivity contribution in [2.24, 2.45) is 0 Å². The molecule has 2 heterocycles. The van der Waals surface area contributed by atoms with E-state index in [1.807, 2.05) is 0 Å². The van der Waals surface area contributed by atoms with Crippen LogP contribution in [-0.2, 0) is 4.79 Å². The second kappa shape index (κ2) is 6.44. The summed E-state index contributed by atoms with van der Waals surface area (Å²) in [5, 5.41) is 7.76. The van der Waals surface area contributed by atoms with Crippen LogP contribution in [0.15, 0.2) is 36.5 Å². The molecule has 0 saturated carbocycles. The molecule has 0 saturated heterocycles. The number of aryl methyl sites for hydroxylation is 1. The molecule has 2 aromatic heterocycles. The van der Waals surface area contributed by atoms with Crippen LogP contribution in [0.2, 0.25) is 10.0 Å². The fourth-order valence-electron chi connectivity index (χ4n) is 2.00. The normalized spacial score (nSPS) is 10.7. The molecule has 3 rings (SSSR count). The summed E-state index contributed by atoms with van der Waals surface area (Å²) in [6.07, 6.45) is 1.68. The number of rotatable bonds is 4. The predicted octanol–water partition coefficient (Wildman–Crippen LogP) is 3.36. The minimum atomic E-state index is -0.313. The highest BCUT2D eigenvalue weighted by Gasteiger charge is 2.08. The van der Waals surface area contributed by atoms with Crippen LogP contribution in [0, 0.1) is 6.92 Å². The Bertz CT molecular complexity index is 879. The topological polar surface area (TPSA) is 68.5 Å². The summed E-state index contributed by atoms with van der Waals surface area (Å²) in [6, 6.07) is 8.32. The summed E-state index contributed by atoms with van der Waals surface area (Å²) in [5.41, 5.74) is 1.31. The summed E-state index contributed by atoms with van der Waals surface area (Å²) in [6.45, 7) is 1.63. The monoisotopic (exact) mass is 350 g/mol. The van der Waals surface area contributed by atoms with E-state index in [2.05, 4.69) is 15.4 Å². The first-order valence-corrected chi connectivity index (χ1v) is 7.47. The van der Waals surface area contributed by atoms with Crippen LogP contribution in [0.5, 0.6) is 5.75 Å². The Morgan fingerprint density at radius 2 is 2.13 bits per heavy atom. The Morgan fingerprint density at radius 1 is 1.30 bits per heavy atom. The number of ether oxygens (including phenoxy) is 1. The van der Waals surface area contributed by atoms with Crippen molar-refractivity contribution >= 4 is 40.4 Å². The molecule has 0 aliphatic rings. The number of aromatic nitrogens is 3. The Morgan fingerprint density at radius 3 is 2.91 bits per heavy atom. The maximum atomic E-state index is 12.0. The molecule has 0 aliphatic carbocycles. The SMILES string of the molecule is Cc1nc2ccc(NC(=O)COc3ccc(Cl)cc3Cl)cn2n1. The summed E-state index contributed by atoms with van der Waals surface area (Å²) < 4.78 is 6.98. The van der Waals surface area contributed by atoms with E-state index in [-0.39, 0.29) is 12.5 Å². The minimum absolute atomic E-state index is 0.171. The highest BCUT2D eigenvalue weighted by molar-refractivity contribution is 6.35. The van der Waals surface area contributed by atoms with Crippen molar-refractivity contribution in [3.63, 3.8) is 0 Å². The number of carbonyl (C=O) groups excluding carboxylic acids is 1. The number of anilines is 1. The zero-order chi connectivity index (χ0) is 16.4. The van der Waals surface area contributed by atoms with Crippen molar-refractivity contribution < 1.29 is 9.53 Å². The molecule has 0 unspecified atom stereocenters. The van der Waals surface area contributed by atoms with Crippen molar-refractivity contribution in [2.75, 3.05) is 11.9 Å². The number of nitrogens with one attached hydrogen (secondary N) is 1. The summed E-state index contributed by atoms with van der Waals surface area (Å²) in [7, 11) is 0. The van der Waals surface area contributed by atoms with E-state index in [1.54, 1.807) is 48.0 Å².